The van der Waals surface area contributed by atoms with Crippen LogP contribution in [-0.4, -0.2) is 11.0 Å². The van der Waals surface area contributed by atoms with Crippen LogP contribution in [0.1, 0.15) is 44.7 Å². The topological polar surface area (TPSA) is 29.1 Å². The van der Waals surface area contributed by atoms with Crippen molar-refractivity contribution in [1.29, 1.82) is 0 Å². The summed E-state index contributed by atoms with van der Waals surface area (Å²) in [5.41, 5.74) is 2.42. The molecule has 0 amide bonds. The molecule has 2 rings (SSSR count). The van der Waals surface area contributed by atoms with E-state index in [2.05, 4.69) is 59.6 Å². The van der Waals surface area contributed by atoms with Crippen LogP contribution < -0.4 is 4.72 Å². The minimum Gasteiger partial charge on any atom is -0.303 e. The Labute approximate surface area is 128 Å². The largest absolute Gasteiger partial charge is 0.303 e. The standard InChI is InChI=1S/C15H20BrNOS/c1-14(2,3)19-17-15(8-9-18)7-6-11-10-12(16)4-5-13(11)15/h4-5,9-10,17H,6-8H2,1-3H3/t15-/m0/s1. The Morgan fingerprint density at radius 2 is 2.21 bits per heavy atom. The van der Waals surface area contributed by atoms with Gasteiger partial charge >= 0.3 is 0 Å². The van der Waals surface area contributed by atoms with Gasteiger partial charge in [-0.05, 0) is 56.9 Å². The van der Waals surface area contributed by atoms with E-state index < -0.39 is 0 Å². The van der Waals surface area contributed by atoms with E-state index in [1.54, 1.807) is 11.9 Å². The lowest BCUT2D eigenvalue weighted by molar-refractivity contribution is -0.109. The van der Waals surface area contributed by atoms with E-state index in [4.69, 9.17) is 0 Å². The number of nitrogens with one attached hydrogen (secondary N) is 1. The number of fused-ring (bicyclic) bond motifs is 1. The fourth-order valence-corrected chi connectivity index (χ4v) is 3.68. The molecule has 4 heteroatoms. The molecule has 1 aromatic carbocycles. The number of rotatable bonds is 4. The highest BCUT2D eigenvalue weighted by molar-refractivity contribution is 9.10. The molecule has 104 valence electrons. The molecular weight excluding hydrogens is 322 g/mol. The summed E-state index contributed by atoms with van der Waals surface area (Å²) in [6.45, 7) is 6.53. The Kier molecular flexibility index (Phi) is 4.43. The van der Waals surface area contributed by atoms with E-state index in [1.807, 2.05) is 0 Å². The highest BCUT2D eigenvalue weighted by Gasteiger charge is 2.39. The molecule has 0 saturated heterocycles. The summed E-state index contributed by atoms with van der Waals surface area (Å²) < 4.78 is 4.82. The van der Waals surface area contributed by atoms with E-state index in [0.717, 1.165) is 23.6 Å². The highest BCUT2D eigenvalue weighted by atomic mass is 79.9. The van der Waals surface area contributed by atoms with Gasteiger partial charge in [-0.2, -0.15) is 0 Å². The van der Waals surface area contributed by atoms with E-state index in [9.17, 15) is 4.79 Å². The third kappa shape index (κ3) is 3.41. The molecule has 0 saturated carbocycles. The average molecular weight is 342 g/mol. The van der Waals surface area contributed by atoms with Gasteiger partial charge in [0.05, 0.1) is 5.54 Å². The summed E-state index contributed by atoms with van der Waals surface area (Å²) in [5.74, 6) is 0. The molecule has 1 aromatic rings. The summed E-state index contributed by atoms with van der Waals surface area (Å²) in [6.07, 6.45) is 3.58. The molecule has 1 aliphatic carbocycles. The van der Waals surface area contributed by atoms with Gasteiger partial charge in [0.15, 0.2) is 0 Å². The summed E-state index contributed by atoms with van der Waals surface area (Å²) >= 11 is 5.23. The first kappa shape index (κ1) is 15.1. The van der Waals surface area contributed by atoms with E-state index in [0.29, 0.717) is 6.42 Å². The Hall–Kier alpha value is -0.320. The van der Waals surface area contributed by atoms with Gasteiger partial charge in [0.1, 0.15) is 6.29 Å². The Morgan fingerprint density at radius 3 is 2.84 bits per heavy atom. The van der Waals surface area contributed by atoms with Crippen molar-refractivity contribution in [1.82, 2.24) is 4.72 Å². The van der Waals surface area contributed by atoms with Crippen LogP contribution in [0.5, 0.6) is 0 Å². The molecule has 0 spiro atoms. The average Bonchev–Trinajstić information content (AvgIpc) is 2.65. The second kappa shape index (κ2) is 5.58. The normalized spacial score (nSPS) is 22.3. The molecule has 1 atom stereocenters. The molecule has 0 unspecified atom stereocenters. The molecule has 2 nitrogen and oxygen atoms in total. The summed E-state index contributed by atoms with van der Waals surface area (Å²) in [6, 6.07) is 6.38. The second-order valence-electron chi connectivity index (χ2n) is 6.07. The minimum absolute atomic E-state index is 0.133. The van der Waals surface area contributed by atoms with Crippen molar-refractivity contribution in [3.63, 3.8) is 0 Å². The number of aldehydes is 1. The first-order valence-corrected chi connectivity index (χ1v) is 8.15. The van der Waals surface area contributed by atoms with Crippen LogP contribution in [0.4, 0.5) is 0 Å². The van der Waals surface area contributed by atoms with Crippen molar-refractivity contribution in [2.75, 3.05) is 0 Å². The first-order valence-electron chi connectivity index (χ1n) is 6.54. The van der Waals surface area contributed by atoms with Crippen molar-refractivity contribution < 1.29 is 4.79 Å². The molecule has 0 bridgehead atoms. The quantitative estimate of drug-likeness (QED) is 0.656. The number of hydrogen-bond acceptors (Lipinski definition) is 3. The summed E-state index contributed by atoms with van der Waals surface area (Å²) in [4.78, 5) is 11.1. The maximum absolute atomic E-state index is 11.1. The molecule has 0 aromatic heterocycles. The zero-order chi connectivity index (χ0) is 14.1. The van der Waals surface area contributed by atoms with Gasteiger partial charge in [-0.15, -0.1) is 0 Å². The van der Waals surface area contributed by atoms with Crippen LogP contribution in [0, 0.1) is 0 Å². The lowest BCUT2D eigenvalue weighted by atomic mass is 9.90. The van der Waals surface area contributed by atoms with Crippen LogP contribution in [-0.2, 0) is 16.8 Å². The predicted molar refractivity (Wildman–Crippen MR) is 85.3 cm³/mol. The van der Waals surface area contributed by atoms with Crippen molar-refractivity contribution in [2.24, 2.45) is 0 Å². The number of halogens is 1. The monoisotopic (exact) mass is 341 g/mol. The summed E-state index contributed by atoms with van der Waals surface area (Å²) in [7, 11) is 0. The van der Waals surface area contributed by atoms with Crippen LogP contribution in [0.2, 0.25) is 0 Å². The molecule has 19 heavy (non-hydrogen) atoms. The zero-order valence-corrected chi connectivity index (χ0v) is 14.0. The van der Waals surface area contributed by atoms with Gasteiger partial charge in [-0.1, -0.05) is 33.9 Å². The Balaban J connectivity index is 2.30. The number of hydrogen-bond donors (Lipinski definition) is 1. The SMILES string of the molecule is CC(C)(C)SN[C@]1(CC=O)CCc2cc(Br)ccc21. The Bertz CT molecular complexity index is 484. The predicted octanol–water partition coefficient (Wildman–Crippen LogP) is 4.22. The smallest absolute Gasteiger partial charge is 0.122 e. The highest BCUT2D eigenvalue weighted by Crippen LogP contribution is 2.42. The van der Waals surface area contributed by atoms with Crippen molar-refractivity contribution in [3.8, 4) is 0 Å². The molecule has 1 N–H and O–H groups in total. The van der Waals surface area contributed by atoms with Crippen LogP contribution in [0.3, 0.4) is 0 Å². The Morgan fingerprint density at radius 1 is 1.47 bits per heavy atom. The van der Waals surface area contributed by atoms with Gasteiger partial charge in [0.25, 0.3) is 0 Å². The fourth-order valence-electron chi connectivity index (χ4n) is 2.47. The number of aryl methyl sites for hydroxylation is 1. The first-order chi connectivity index (χ1) is 8.86. The van der Waals surface area contributed by atoms with Gasteiger partial charge in [-0.3, -0.25) is 4.72 Å². The van der Waals surface area contributed by atoms with Crippen molar-refractivity contribution in [2.45, 2.75) is 50.3 Å². The van der Waals surface area contributed by atoms with Crippen molar-refractivity contribution in [3.05, 3.63) is 33.8 Å². The molecule has 0 fully saturated rings. The van der Waals surface area contributed by atoms with Gasteiger partial charge in [0.2, 0.25) is 0 Å². The fraction of sp³-hybridized carbons (Fsp3) is 0.533. The van der Waals surface area contributed by atoms with Crippen molar-refractivity contribution >= 4 is 34.2 Å². The van der Waals surface area contributed by atoms with Gasteiger partial charge < -0.3 is 4.79 Å². The minimum atomic E-state index is -0.199. The van der Waals surface area contributed by atoms with E-state index in [1.165, 1.54) is 11.1 Å². The summed E-state index contributed by atoms with van der Waals surface area (Å²) in [5, 5.41) is 0. The second-order valence-corrected chi connectivity index (χ2v) is 8.62. The van der Waals surface area contributed by atoms with Gasteiger partial charge in [-0.25, -0.2) is 0 Å². The number of carbonyl (C=O) groups excluding carboxylic acids is 1. The molecule has 0 radical (unpaired) electrons. The number of carbonyl (C=O) groups is 1. The van der Waals surface area contributed by atoms with Crippen LogP contribution in [0.25, 0.3) is 0 Å². The molecule has 1 aliphatic rings. The molecule has 0 heterocycles. The zero-order valence-electron chi connectivity index (χ0n) is 11.6. The maximum Gasteiger partial charge on any atom is 0.122 e. The van der Waals surface area contributed by atoms with E-state index in [-0.39, 0.29) is 10.3 Å². The lowest BCUT2D eigenvalue weighted by Gasteiger charge is -2.32. The van der Waals surface area contributed by atoms with Crippen LogP contribution >= 0.6 is 27.9 Å². The third-order valence-electron chi connectivity index (χ3n) is 3.39. The maximum atomic E-state index is 11.1. The lowest BCUT2D eigenvalue weighted by Crippen LogP contribution is -2.39. The van der Waals surface area contributed by atoms with Crippen LogP contribution in [0.15, 0.2) is 22.7 Å². The number of benzene rings is 1. The van der Waals surface area contributed by atoms with Gasteiger partial charge in [0, 0.05) is 15.6 Å². The van der Waals surface area contributed by atoms with E-state index >= 15 is 0 Å². The molecular formula is C15H20BrNOS. The third-order valence-corrected chi connectivity index (χ3v) is 4.99. The molecule has 0 aliphatic heterocycles.